The van der Waals surface area contributed by atoms with Crippen LogP contribution in [0.25, 0.3) is 0 Å². The minimum absolute atomic E-state index is 0.208. The van der Waals surface area contributed by atoms with E-state index in [0.29, 0.717) is 12.1 Å². The molecule has 2 saturated heterocycles. The van der Waals surface area contributed by atoms with Gasteiger partial charge in [0.05, 0.1) is 0 Å². The van der Waals surface area contributed by atoms with Crippen molar-refractivity contribution in [3.63, 3.8) is 0 Å². The van der Waals surface area contributed by atoms with Crippen LogP contribution in [0, 0.1) is 0 Å². The molecule has 2 unspecified atom stereocenters. The fourth-order valence-corrected chi connectivity index (χ4v) is 2.01. The lowest BCUT2D eigenvalue weighted by atomic mass is 10.2. The van der Waals surface area contributed by atoms with Crippen LogP contribution in [0.4, 0.5) is 4.79 Å². The minimum Gasteiger partial charge on any atom is -0.444 e. The summed E-state index contributed by atoms with van der Waals surface area (Å²) in [5, 5.41) is 6.61. The maximum atomic E-state index is 11.7. The molecule has 2 atom stereocenters. The molecule has 0 saturated carbocycles. The number of carbonyl (C=O) groups is 1. The zero-order valence-corrected chi connectivity index (χ0v) is 9.54. The highest BCUT2D eigenvalue weighted by Crippen LogP contribution is 2.17. The molecule has 0 aliphatic carbocycles. The first-order valence-corrected chi connectivity index (χ1v) is 5.40. The molecule has 15 heavy (non-hydrogen) atoms. The van der Waals surface area contributed by atoms with Gasteiger partial charge in [0.15, 0.2) is 0 Å². The van der Waals surface area contributed by atoms with E-state index < -0.39 is 5.60 Å². The molecule has 2 fully saturated rings. The topological polar surface area (TPSA) is 53.6 Å². The quantitative estimate of drug-likeness (QED) is 0.600. The van der Waals surface area contributed by atoms with Crippen molar-refractivity contribution in [3.05, 3.63) is 0 Å². The highest BCUT2D eigenvalue weighted by Gasteiger charge is 2.39. The van der Waals surface area contributed by atoms with E-state index in [1.54, 1.807) is 4.90 Å². The van der Waals surface area contributed by atoms with Crippen LogP contribution in [0.15, 0.2) is 0 Å². The molecule has 2 aliphatic heterocycles. The van der Waals surface area contributed by atoms with Crippen molar-refractivity contribution < 1.29 is 9.53 Å². The van der Waals surface area contributed by atoms with E-state index in [-0.39, 0.29) is 6.09 Å². The van der Waals surface area contributed by atoms with Gasteiger partial charge >= 0.3 is 6.09 Å². The predicted molar refractivity (Wildman–Crippen MR) is 56.5 cm³/mol. The Bertz CT molecular complexity index is 250. The summed E-state index contributed by atoms with van der Waals surface area (Å²) in [6.45, 7) is 7.99. The maximum absolute atomic E-state index is 11.7. The average Bonchev–Trinajstić information content (AvgIpc) is 2.56. The minimum atomic E-state index is -0.407. The Kier molecular flexibility index (Phi) is 2.60. The standard InChI is InChI=1S/C10H19N3O2/c1-10(2,3)15-9(14)13-4-7-8(5-13)12-6-11-7/h7-8,11-12H,4-6H2,1-3H3. The number of likely N-dealkylation sites (tertiary alicyclic amines) is 1. The van der Waals surface area contributed by atoms with Crippen molar-refractivity contribution in [3.8, 4) is 0 Å². The van der Waals surface area contributed by atoms with E-state index >= 15 is 0 Å². The van der Waals surface area contributed by atoms with E-state index in [0.717, 1.165) is 19.8 Å². The predicted octanol–water partition coefficient (Wildman–Crippen LogP) is 0.125. The van der Waals surface area contributed by atoms with Gasteiger partial charge in [0.2, 0.25) is 0 Å². The van der Waals surface area contributed by atoms with Crippen LogP contribution in [0.2, 0.25) is 0 Å². The molecular formula is C10H19N3O2. The first-order chi connectivity index (χ1) is 6.96. The summed E-state index contributed by atoms with van der Waals surface area (Å²) in [5.74, 6) is 0. The molecule has 0 spiro atoms. The Hall–Kier alpha value is -0.810. The van der Waals surface area contributed by atoms with Crippen LogP contribution < -0.4 is 10.6 Å². The van der Waals surface area contributed by atoms with Gasteiger partial charge in [0.25, 0.3) is 0 Å². The van der Waals surface area contributed by atoms with E-state index in [1.807, 2.05) is 20.8 Å². The number of fused-ring (bicyclic) bond motifs is 1. The number of nitrogens with one attached hydrogen (secondary N) is 2. The van der Waals surface area contributed by atoms with Crippen molar-refractivity contribution >= 4 is 6.09 Å². The van der Waals surface area contributed by atoms with E-state index in [9.17, 15) is 4.79 Å². The maximum Gasteiger partial charge on any atom is 0.410 e. The summed E-state index contributed by atoms with van der Waals surface area (Å²) in [6.07, 6.45) is -0.208. The molecule has 1 amide bonds. The fourth-order valence-electron chi connectivity index (χ4n) is 2.01. The SMILES string of the molecule is CC(C)(C)OC(=O)N1CC2NCNC2C1. The monoisotopic (exact) mass is 213 g/mol. The Balaban J connectivity index is 1.88. The van der Waals surface area contributed by atoms with E-state index in [1.165, 1.54) is 0 Å². The van der Waals surface area contributed by atoms with Crippen LogP contribution in [-0.4, -0.2) is 48.4 Å². The molecule has 0 aromatic heterocycles. The van der Waals surface area contributed by atoms with Crippen molar-refractivity contribution in [2.45, 2.75) is 38.5 Å². The van der Waals surface area contributed by atoms with Crippen LogP contribution in [0.3, 0.4) is 0 Å². The van der Waals surface area contributed by atoms with Crippen LogP contribution >= 0.6 is 0 Å². The zero-order chi connectivity index (χ0) is 11.1. The average molecular weight is 213 g/mol. The van der Waals surface area contributed by atoms with Crippen molar-refractivity contribution in [2.24, 2.45) is 0 Å². The highest BCUT2D eigenvalue weighted by molar-refractivity contribution is 5.68. The summed E-state index contributed by atoms with van der Waals surface area (Å²) in [6, 6.07) is 0.773. The van der Waals surface area contributed by atoms with Crippen molar-refractivity contribution in [1.29, 1.82) is 0 Å². The van der Waals surface area contributed by atoms with Gasteiger partial charge in [-0.3, -0.25) is 10.6 Å². The second kappa shape index (κ2) is 3.64. The third-order valence-electron chi connectivity index (χ3n) is 2.70. The Labute approximate surface area is 90.1 Å². The van der Waals surface area contributed by atoms with Crippen LogP contribution in [0.1, 0.15) is 20.8 Å². The zero-order valence-electron chi connectivity index (χ0n) is 9.54. The number of carbonyl (C=O) groups excluding carboxylic acids is 1. The summed E-state index contributed by atoms with van der Waals surface area (Å²) >= 11 is 0. The lowest BCUT2D eigenvalue weighted by molar-refractivity contribution is 0.0285. The molecule has 0 bridgehead atoms. The third kappa shape index (κ3) is 2.41. The second-order valence-electron chi connectivity index (χ2n) is 5.18. The van der Waals surface area contributed by atoms with Gasteiger partial charge in [-0.2, -0.15) is 0 Å². The van der Waals surface area contributed by atoms with Gasteiger partial charge in [-0.05, 0) is 20.8 Å². The number of rotatable bonds is 0. The van der Waals surface area contributed by atoms with Gasteiger partial charge in [0.1, 0.15) is 5.60 Å². The largest absolute Gasteiger partial charge is 0.444 e. The summed E-state index contributed by atoms with van der Waals surface area (Å²) in [7, 11) is 0. The highest BCUT2D eigenvalue weighted by atomic mass is 16.6. The third-order valence-corrected chi connectivity index (χ3v) is 2.70. The van der Waals surface area contributed by atoms with Crippen LogP contribution in [0.5, 0.6) is 0 Å². The van der Waals surface area contributed by atoms with Gasteiger partial charge in [-0.25, -0.2) is 4.79 Å². The molecule has 2 heterocycles. The Morgan fingerprint density at radius 3 is 2.27 bits per heavy atom. The molecular weight excluding hydrogens is 194 g/mol. The molecule has 0 aromatic carbocycles. The molecule has 0 aromatic rings. The first-order valence-electron chi connectivity index (χ1n) is 5.40. The molecule has 2 N–H and O–H groups in total. The van der Waals surface area contributed by atoms with E-state index in [4.69, 9.17) is 4.74 Å². The summed E-state index contributed by atoms with van der Waals surface area (Å²) < 4.78 is 5.32. The number of hydrogen-bond acceptors (Lipinski definition) is 4. The summed E-state index contributed by atoms with van der Waals surface area (Å²) in [4.78, 5) is 13.5. The van der Waals surface area contributed by atoms with E-state index in [2.05, 4.69) is 10.6 Å². The molecule has 2 rings (SSSR count). The number of hydrogen-bond donors (Lipinski definition) is 2. The molecule has 5 nitrogen and oxygen atoms in total. The van der Waals surface area contributed by atoms with Crippen molar-refractivity contribution in [2.75, 3.05) is 19.8 Å². The van der Waals surface area contributed by atoms with Gasteiger partial charge in [0, 0.05) is 31.8 Å². The number of nitrogens with zero attached hydrogens (tertiary/aromatic N) is 1. The van der Waals surface area contributed by atoms with Gasteiger partial charge in [-0.15, -0.1) is 0 Å². The smallest absolute Gasteiger partial charge is 0.410 e. The molecule has 0 radical (unpaired) electrons. The number of amides is 1. The van der Waals surface area contributed by atoms with Crippen LogP contribution in [-0.2, 0) is 4.74 Å². The summed E-state index contributed by atoms with van der Waals surface area (Å²) in [5.41, 5.74) is -0.407. The van der Waals surface area contributed by atoms with Crippen molar-refractivity contribution in [1.82, 2.24) is 15.5 Å². The lowest BCUT2D eigenvalue weighted by Crippen LogP contribution is -2.39. The molecule has 2 aliphatic rings. The number of ether oxygens (including phenoxy) is 1. The Morgan fingerprint density at radius 1 is 1.27 bits per heavy atom. The van der Waals surface area contributed by atoms with Gasteiger partial charge in [-0.1, -0.05) is 0 Å². The second-order valence-corrected chi connectivity index (χ2v) is 5.18. The fraction of sp³-hybridized carbons (Fsp3) is 0.900. The normalized spacial score (nSPS) is 30.5. The molecule has 5 heteroatoms. The first kappa shape index (κ1) is 10.7. The molecule has 86 valence electrons. The lowest BCUT2D eigenvalue weighted by Gasteiger charge is -2.24. The van der Waals surface area contributed by atoms with Gasteiger partial charge < -0.3 is 9.64 Å². The Morgan fingerprint density at radius 2 is 1.80 bits per heavy atom.